The molecule has 0 aliphatic heterocycles. The molecule has 4 nitrogen and oxygen atoms in total. The maximum Gasteiger partial charge on any atom is 0.239 e. The van der Waals surface area contributed by atoms with Gasteiger partial charge in [-0.1, -0.05) is 39.0 Å². The molecule has 0 aliphatic rings. The molecule has 1 aromatic carbocycles. The van der Waals surface area contributed by atoms with Gasteiger partial charge in [-0.05, 0) is 18.1 Å². The Balaban J connectivity index is 2.28. The van der Waals surface area contributed by atoms with Crippen LogP contribution in [0.2, 0.25) is 0 Å². The third-order valence-electron chi connectivity index (χ3n) is 2.77. The summed E-state index contributed by atoms with van der Waals surface area (Å²) in [6, 6.07) is 6.45. The third kappa shape index (κ3) is 5.38. The van der Waals surface area contributed by atoms with E-state index in [9.17, 15) is 14.0 Å². The van der Waals surface area contributed by atoms with Crippen molar-refractivity contribution in [2.45, 2.75) is 27.2 Å². The zero-order valence-electron chi connectivity index (χ0n) is 12.1. The normalized spacial score (nSPS) is 11.0. The first-order valence-electron chi connectivity index (χ1n) is 6.59. The molecule has 2 amide bonds. The second-order valence-corrected chi connectivity index (χ2v) is 5.62. The minimum absolute atomic E-state index is 0.0621. The van der Waals surface area contributed by atoms with E-state index < -0.39 is 5.41 Å². The van der Waals surface area contributed by atoms with Crippen molar-refractivity contribution in [2.75, 3.05) is 13.1 Å². The molecule has 0 saturated heterocycles. The third-order valence-corrected chi connectivity index (χ3v) is 2.77. The standard InChI is InChI=1S/C15H21FN2O2/c1-15(2,3)14(20)18-10-13(19)17-9-8-11-6-4-5-7-12(11)16/h4-7H,8-10H2,1-3H3,(H,17,19)(H,18,20). The zero-order chi connectivity index (χ0) is 15.2. The average molecular weight is 280 g/mol. The van der Waals surface area contributed by atoms with Crippen molar-refractivity contribution in [3.8, 4) is 0 Å². The summed E-state index contributed by atoms with van der Waals surface area (Å²) in [5.74, 6) is -0.733. The smallest absolute Gasteiger partial charge is 0.239 e. The number of halogens is 1. The summed E-state index contributed by atoms with van der Waals surface area (Å²) in [4.78, 5) is 23.1. The van der Waals surface area contributed by atoms with Crippen LogP contribution in [0.3, 0.4) is 0 Å². The minimum atomic E-state index is -0.520. The van der Waals surface area contributed by atoms with Gasteiger partial charge in [-0.15, -0.1) is 0 Å². The van der Waals surface area contributed by atoms with Crippen LogP contribution in [0, 0.1) is 11.2 Å². The van der Waals surface area contributed by atoms with Gasteiger partial charge in [0.25, 0.3) is 0 Å². The Labute approximate surface area is 118 Å². The maximum atomic E-state index is 13.3. The Bertz CT molecular complexity index is 481. The first kappa shape index (κ1) is 16.1. The molecule has 0 radical (unpaired) electrons. The highest BCUT2D eigenvalue weighted by Crippen LogP contribution is 2.11. The molecule has 0 fully saturated rings. The topological polar surface area (TPSA) is 58.2 Å². The summed E-state index contributed by atoms with van der Waals surface area (Å²) in [5, 5.41) is 5.20. The molecule has 0 aliphatic carbocycles. The molecular formula is C15H21FN2O2. The Kier molecular flexibility index (Phi) is 5.67. The van der Waals surface area contributed by atoms with Gasteiger partial charge in [-0.25, -0.2) is 4.39 Å². The van der Waals surface area contributed by atoms with Gasteiger partial charge in [0.2, 0.25) is 11.8 Å². The number of nitrogens with one attached hydrogen (secondary N) is 2. The van der Waals surface area contributed by atoms with Crippen molar-refractivity contribution in [3.05, 3.63) is 35.6 Å². The van der Waals surface area contributed by atoms with E-state index in [0.29, 0.717) is 18.5 Å². The monoisotopic (exact) mass is 280 g/mol. The van der Waals surface area contributed by atoms with Crippen molar-refractivity contribution in [2.24, 2.45) is 5.41 Å². The molecule has 5 heteroatoms. The van der Waals surface area contributed by atoms with Gasteiger partial charge in [-0.3, -0.25) is 9.59 Å². The molecule has 0 saturated carbocycles. The highest BCUT2D eigenvalue weighted by Gasteiger charge is 2.21. The van der Waals surface area contributed by atoms with E-state index in [4.69, 9.17) is 0 Å². The molecule has 0 aromatic heterocycles. The van der Waals surface area contributed by atoms with E-state index in [1.807, 2.05) is 0 Å². The Morgan fingerprint density at radius 3 is 2.40 bits per heavy atom. The van der Waals surface area contributed by atoms with Gasteiger partial charge in [-0.2, -0.15) is 0 Å². The fourth-order valence-corrected chi connectivity index (χ4v) is 1.53. The van der Waals surface area contributed by atoms with E-state index in [0.717, 1.165) is 0 Å². The van der Waals surface area contributed by atoms with Crippen molar-refractivity contribution < 1.29 is 14.0 Å². The van der Waals surface area contributed by atoms with Gasteiger partial charge in [0.15, 0.2) is 0 Å². The van der Waals surface area contributed by atoms with Gasteiger partial charge in [0.05, 0.1) is 6.54 Å². The van der Waals surface area contributed by atoms with E-state index >= 15 is 0 Å². The number of hydrogen-bond donors (Lipinski definition) is 2. The molecule has 0 heterocycles. The number of amides is 2. The van der Waals surface area contributed by atoms with Crippen LogP contribution in [0.5, 0.6) is 0 Å². The lowest BCUT2D eigenvalue weighted by atomic mass is 9.96. The number of carbonyl (C=O) groups excluding carboxylic acids is 2. The van der Waals surface area contributed by atoms with Crippen LogP contribution < -0.4 is 10.6 Å². The van der Waals surface area contributed by atoms with E-state index in [-0.39, 0.29) is 24.2 Å². The first-order chi connectivity index (χ1) is 9.30. The molecular weight excluding hydrogens is 259 g/mol. The number of benzene rings is 1. The highest BCUT2D eigenvalue weighted by molar-refractivity contribution is 5.87. The number of hydrogen-bond acceptors (Lipinski definition) is 2. The van der Waals surface area contributed by atoms with Crippen molar-refractivity contribution >= 4 is 11.8 Å². The van der Waals surface area contributed by atoms with Crippen LogP contribution in [0.25, 0.3) is 0 Å². The Hall–Kier alpha value is -1.91. The number of rotatable bonds is 5. The van der Waals surface area contributed by atoms with Crippen LogP contribution in [0.15, 0.2) is 24.3 Å². The largest absolute Gasteiger partial charge is 0.354 e. The van der Waals surface area contributed by atoms with Gasteiger partial charge in [0, 0.05) is 12.0 Å². The molecule has 20 heavy (non-hydrogen) atoms. The summed E-state index contributed by atoms with van der Waals surface area (Å²) in [5.41, 5.74) is 0.0412. The van der Waals surface area contributed by atoms with E-state index in [2.05, 4.69) is 10.6 Å². The van der Waals surface area contributed by atoms with E-state index in [1.54, 1.807) is 39.0 Å². The quantitative estimate of drug-likeness (QED) is 0.861. The molecule has 0 atom stereocenters. The predicted octanol–water partition coefficient (Wildman–Crippen LogP) is 1.65. The van der Waals surface area contributed by atoms with Crippen LogP contribution in [-0.2, 0) is 16.0 Å². The average Bonchev–Trinajstić information content (AvgIpc) is 2.37. The second kappa shape index (κ2) is 7.03. The van der Waals surface area contributed by atoms with Gasteiger partial charge < -0.3 is 10.6 Å². The second-order valence-electron chi connectivity index (χ2n) is 5.62. The molecule has 0 unspecified atom stereocenters. The Morgan fingerprint density at radius 1 is 1.15 bits per heavy atom. The lowest BCUT2D eigenvalue weighted by Crippen LogP contribution is -2.42. The summed E-state index contributed by atoms with van der Waals surface area (Å²) in [6.07, 6.45) is 0.422. The summed E-state index contributed by atoms with van der Waals surface area (Å²) in [6.45, 7) is 5.60. The number of carbonyl (C=O) groups is 2. The highest BCUT2D eigenvalue weighted by atomic mass is 19.1. The first-order valence-corrected chi connectivity index (χ1v) is 6.59. The molecule has 0 spiro atoms. The van der Waals surface area contributed by atoms with Crippen LogP contribution >= 0.6 is 0 Å². The van der Waals surface area contributed by atoms with Gasteiger partial charge in [0.1, 0.15) is 5.82 Å². The predicted molar refractivity (Wildman–Crippen MR) is 75.6 cm³/mol. The lowest BCUT2D eigenvalue weighted by Gasteiger charge is -2.17. The van der Waals surface area contributed by atoms with Crippen molar-refractivity contribution in [3.63, 3.8) is 0 Å². The fraction of sp³-hybridized carbons (Fsp3) is 0.467. The SMILES string of the molecule is CC(C)(C)C(=O)NCC(=O)NCCc1ccccc1F. The molecule has 1 aromatic rings. The van der Waals surface area contributed by atoms with Crippen LogP contribution in [0.4, 0.5) is 4.39 Å². The van der Waals surface area contributed by atoms with Crippen molar-refractivity contribution in [1.29, 1.82) is 0 Å². The lowest BCUT2D eigenvalue weighted by molar-refractivity contribution is -0.131. The zero-order valence-corrected chi connectivity index (χ0v) is 12.1. The molecule has 2 N–H and O–H groups in total. The summed E-state index contributed by atoms with van der Waals surface area (Å²) >= 11 is 0. The Morgan fingerprint density at radius 2 is 1.80 bits per heavy atom. The molecule has 110 valence electrons. The van der Waals surface area contributed by atoms with Crippen LogP contribution in [0.1, 0.15) is 26.3 Å². The summed E-state index contributed by atoms with van der Waals surface area (Å²) in [7, 11) is 0. The molecule has 0 bridgehead atoms. The van der Waals surface area contributed by atoms with Crippen molar-refractivity contribution in [1.82, 2.24) is 10.6 Å². The minimum Gasteiger partial charge on any atom is -0.354 e. The molecule has 1 rings (SSSR count). The maximum absolute atomic E-state index is 13.3. The van der Waals surface area contributed by atoms with Gasteiger partial charge >= 0.3 is 0 Å². The fourth-order valence-electron chi connectivity index (χ4n) is 1.53. The van der Waals surface area contributed by atoms with E-state index in [1.165, 1.54) is 6.07 Å². The summed E-state index contributed by atoms with van der Waals surface area (Å²) < 4.78 is 13.3. The van der Waals surface area contributed by atoms with Crippen LogP contribution in [-0.4, -0.2) is 24.9 Å².